The lowest BCUT2D eigenvalue weighted by Gasteiger charge is -2.39. The first-order valence-electron chi connectivity index (χ1n) is 6.60. The Bertz CT molecular complexity index is 410. The molecule has 106 valence electrons. The van der Waals surface area contributed by atoms with E-state index in [0.29, 0.717) is 6.61 Å². The topological polar surface area (TPSA) is 29.5 Å². The zero-order chi connectivity index (χ0) is 13.0. The van der Waals surface area contributed by atoms with Crippen LogP contribution in [0.4, 0.5) is 0 Å². The Morgan fingerprint density at radius 2 is 2.05 bits per heavy atom. The summed E-state index contributed by atoms with van der Waals surface area (Å²) in [4.78, 5) is 14.6. The summed E-state index contributed by atoms with van der Waals surface area (Å²) in [6.45, 7) is 4.10. The predicted octanol–water partition coefficient (Wildman–Crippen LogP) is 2.63. The van der Waals surface area contributed by atoms with Gasteiger partial charge in [-0.1, -0.05) is 30.3 Å². The van der Waals surface area contributed by atoms with Crippen molar-refractivity contribution < 1.29 is 9.53 Å². The molecule has 4 heteroatoms. The molecule has 1 unspecified atom stereocenters. The molecule has 3 nitrogen and oxygen atoms in total. The lowest BCUT2D eigenvalue weighted by Crippen LogP contribution is -2.50. The van der Waals surface area contributed by atoms with Gasteiger partial charge in [-0.15, -0.1) is 12.4 Å². The number of likely N-dealkylation sites (tertiary alicyclic amines) is 1. The van der Waals surface area contributed by atoms with Crippen LogP contribution in [0.2, 0.25) is 0 Å². The Morgan fingerprint density at radius 1 is 1.37 bits per heavy atom. The summed E-state index contributed by atoms with van der Waals surface area (Å²) in [5.74, 6) is -0.0808. The molecule has 0 amide bonds. The van der Waals surface area contributed by atoms with Crippen LogP contribution in [-0.2, 0) is 14.9 Å². The highest BCUT2D eigenvalue weighted by molar-refractivity contribution is 5.85. The maximum Gasteiger partial charge on any atom is 0.317 e. The van der Waals surface area contributed by atoms with Crippen LogP contribution in [0.15, 0.2) is 30.3 Å². The van der Waals surface area contributed by atoms with E-state index in [1.54, 1.807) is 0 Å². The van der Waals surface area contributed by atoms with Crippen LogP contribution in [0.3, 0.4) is 0 Å². The first-order chi connectivity index (χ1) is 8.69. The summed E-state index contributed by atoms with van der Waals surface area (Å²) in [5.41, 5.74) is 0.597. The largest absolute Gasteiger partial charge is 0.465 e. The highest BCUT2D eigenvalue weighted by atomic mass is 35.5. The van der Waals surface area contributed by atoms with Gasteiger partial charge in [0.15, 0.2) is 0 Å². The van der Waals surface area contributed by atoms with Crippen molar-refractivity contribution in [1.29, 1.82) is 0 Å². The van der Waals surface area contributed by atoms with E-state index >= 15 is 0 Å². The van der Waals surface area contributed by atoms with E-state index in [0.717, 1.165) is 31.5 Å². The first kappa shape index (κ1) is 16.0. The smallest absolute Gasteiger partial charge is 0.317 e. The zero-order valence-electron chi connectivity index (χ0n) is 11.6. The lowest BCUT2D eigenvalue weighted by molar-refractivity contribution is -0.152. The summed E-state index contributed by atoms with van der Waals surface area (Å²) in [6, 6.07) is 10.0. The van der Waals surface area contributed by atoms with Gasteiger partial charge >= 0.3 is 5.97 Å². The molecule has 1 fully saturated rings. The maximum absolute atomic E-state index is 12.4. The fraction of sp³-hybridized carbons (Fsp3) is 0.533. The maximum atomic E-state index is 12.4. The molecule has 0 N–H and O–H groups in total. The number of rotatable bonds is 3. The van der Waals surface area contributed by atoms with Crippen molar-refractivity contribution in [3.63, 3.8) is 0 Å². The third-order valence-corrected chi connectivity index (χ3v) is 3.68. The number of carbonyl (C=O) groups is 1. The molecule has 1 aliphatic heterocycles. The van der Waals surface area contributed by atoms with Crippen LogP contribution in [-0.4, -0.2) is 37.6 Å². The van der Waals surface area contributed by atoms with Crippen LogP contribution < -0.4 is 0 Å². The van der Waals surface area contributed by atoms with Gasteiger partial charge < -0.3 is 9.64 Å². The average Bonchev–Trinajstić information content (AvgIpc) is 2.40. The van der Waals surface area contributed by atoms with Gasteiger partial charge in [0.1, 0.15) is 5.41 Å². The van der Waals surface area contributed by atoms with E-state index in [-0.39, 0.29) is 18.4 Å². The van der Waals surface area contributed by atoms with Crippen molar-refractivity contribution >= 4 is 18.4 Å². The SMILES string of the molecule is CCOC(=O)C1(c2ccccc2)CCCN(C)C1.Cl. The van der Waals surface area contributed by atoms with Crippen molar-refractivity contribution in [3.8, 4) is 0 Å². The number of ether oxygens (including phenoxy) is 1. The van der Waals surface area contributed by atoms with E-state index in [1.165, 1.54) is 0 Å². The summed E-state index contributed by atoms with van der Waals surface area (Å²) < 4.78 is 5.32. The second-order valence-corrected chi connectivity index (χ2v) is 5.01. The quantitative estimate of drug-likeness (QED) is 0.799. The standard InChI is InChI=1S/C15H21NO2.ClH/c1-3-18-14(17)15(10-7-11-16(2)12-15)13-8-5-4-6-9-13;/h4-6,8-9H,3,7,10-12H2,1-2H3;1H. The molecule has 0 bridgehead atoms. The molecule has 0 aromatic heterocycles. The molecule has 0 aliphatic carbocycles. The molecule has 1 saturated heterocycles. The van der Waals surface area contributed by atoms with Crippen LogP contribution in [0.1, 0.15) is 25.3 Å². The van der Waals surface area contributed by atoms with Gasteiger partial charge in [0.05, 0.1) is 6.61 Å². The van der Waals surface area contributed by atoms with Gasteiger partial charge in [-0.05, 0) is 38.9 Å². The fourth-order valence-corrected chi connectivity index (χ4v) is 2.82. The first-order valence-corrected chi connectivity index (χ1v) is 6.60. The molecule has 0 saturated carbocycles. The van der Waals surface area contributed by atoms with E-state index in [4.69, 9.17) is 4.74 Å². The average molecular weight is 284 g/mol. The Kier molecular flexibility index (Phi) is 5.83. The molecule has 0 spiro atoms. The number of nitrogens with zero attached hydrogens (tertiary/aromatic N) is 1. The second-order valence-electron chi connectivity index (χ2n) is 5.01. The minimum Gasteiger partial charge on any atom is -0.465 e. The van der Waals surface area contributed by atoms with E-state index < -0.39 is 5.41 Å². The number of likely N-dealkylation sites (N-methyl/N-ethyl adjacent to an activating group) is 1. The summed E-state index contributed by atoms with van der Waals surface area (Å²) >= 11 is 0. The molecule has 19 heavy (non-hydrogen) atoms. The molecule has 1 aliphatic rings. The van der Waals surface area contributed by atoms with Gasteiger partial charge in [0.25, 0.3) is 0 Å². The number of hydrogen-bond acceptors (Lipinski definition) is 3. The summed E-state index contributed by atoms with van der Waals surface area (Å²) in [5, 5.41) is 0. The zero-order valence-corrected chi connectivity index (χ0v) is 12.4. The van der Waals surface area contributed by atoms with Gasteiger partial charge in [0.2, 0.25) is 0 Å². The molecule has 1 aromatic rings. The van der Waals surface area contributed by atoms with Crippen molar-refractivity contribution in [2.75, 3.05) is 26.7 Å². The number of piperidine rings is 1. The minimum atomic E-state index is -0.482. The van der Waals surface area contributed by atoms with Crippen molar-refractivity contribution in [2.24, 2.45) is 0 Å². The second kappa shape index (κ2) is 6.92. The van der Waals surface area contributed by atoms with Gasteiger partial charge in [-0.25, -0.2) is 0 Å². The van der Waals surface area contributed by atoms with Crippen LogP contribution in [0.5, 0.6) is 0 Å². The fourth-order valence-electron chi connectivity index (χ4n) is 2.82. The predicted molar refractivity (Wildman–Crippen MR) is 78.7 cm³/mol. The summed E-state index contributed by atoms with van der Waals surface area (Å²) in [6.07, 6.45) is 1.91. The normalized spacial score (nSPS) is 23.5. The monoisotopic (exact) mass is 283 g/mol. The molecule has 1 heterocycles. The number of hydrogen-bond donors (Lipinski definition) is 0. The summed E-state index contributed by atoms with van der Waals surface area (Å²) in [7, 11) is 2.07. The number of halogens is 1. The Labute approximate surface area is 121 Å². The molecule has 1 aromatic carbocycles. The van der Waals surface area contributed by atoms with Crippen LogP contribution in [0.25, 0.3) is 0 Å². The van der Waals surface area contributed by atoms with E-state index in [9.17, 15) is 4.79 Å². The Balaban J connectivity index is 0.00000180. The molecule has 1 atom stereocenters. The van der Waals surface area contributed by atoms with E-state index in [2.05, 4.69) is 11.9 Å². The number of carbonyl (C=O) groups excluding carboxylic acids is 1. The van der Waals surface area contributed by atoms with Crippen LogP contribution >= 0.6 is 12.4 Å². The van der Waals surface area contributed by atoms with Gasteiger partial charge in [-0.2, -0.15) is 0 Å². The lowest BCUT2D eigenvalue weighted by atomic mass is 9.74. The van der Waals surface area contributed by atoms with Crippen molar-refractivity contribution in [2.45, 2.75) is 25.2 Å². The molecule has 0 radical (unpaired) electrons. The number of benzene rings is 1. The van der Waals surface area contributed by atoms with Gasteiger partial charge in [0, 0.05) is 6.54 Å². The Hall–Kier alpha value is -1.06. The van der Waals surface area contributed by atoms with Crippen molar-refractivity contribution in [3.05, 3.63) is 35.9 Å². The molecule has 2 rings (SSSR count). The Morgan fingerprint density at radius 3 is 2.63 bits per heavy atom. The highest BCUT2D eigenvalue weighted by Gasteiger charge is 2.44. The van der Waals surface area contributed by atoms with Crippen molar-refractivity contribution in [1.82, 2.24) is 4.90 Å². The van der Waals surface area contributed by atoms with E-state index in [1.807, 2.05) is 37.3 Å². The minimum absolute atomic E-state index is 0. The highest BCUT2D eigenvalue weighted by Crippen LogP contribution is 2.35. The molecular formula is C15H22ClNO2. The third kappa shape index (κ3) is 3.28. The third-order valence-electron chi connectivity index (χ3n) is 3.68. The number of esters is 1. The van der Waals surface area contributed by atoms with Crippen LogP contribution in [0, 0.1) is 0 Å². The molecular weight excluding hydrogens is 262 g/mol. The van der Waals surface area contributed by atoms with Gasteiger partial charge in [-0.3, -0.25) is 4.79 Å².